The predicted molar refractivity (Wildman–Crippen MR) is 82.0 cm³/mol. The third kappa shape index (κ3) is 4.59. The molecule has 0 saturated carbocycles. The molecular formula is C15H21N5O. The highest BCUT2D eigenvalue weighted by molar-refractivity contribution is 5.75. The molecule has 1 heterocycles. The number of amides is 1. The molecule has 0 aliphatic heterocycles. The van der Waals surface area contributed by atoms with E-state index in [0.717, 1.165) is 5.69 Å². The van der Waals surface area contributed by atoms with Gasteiger partial charge in [0.15, 0.2) is 0 Å². The Balaban J connectivity index is 1.73. The summed E-state index contributed by atoms with van der Waals surface area (Å²) in [6.45, 7) is 3.25. The smallest absolute Gasteiger partial charge is 0.221 e. The second-order valence-electron chi connectivity index (χ2n) is 5.01. The number of hydrogen-bond acceptors (Lipinski definition) is 4. The van der Waals surface area contributed by atoms with E-state index in [0.29, 0.717) is 19.5 Å². The molecule has 0 saturated heterocycles. The van der Waals surface area contributed by atoms with E-state index >= 15 is 0 Å². The minimum absolute atomic E-state index is 0.0267. The summed E-state index contributed by atoms with van der Waals surface area (Å²) >= 11 is 0. The maximum Gasteiger partial charge on any atom is 0.221 e. The molecule has 0 aliphatic carbocycles. The third-order valence-electron chi connectivity index (χ3n) is 3.45. The summed E-state index contributed by atoms with van der Waals surface area (Å²) in [6.07, 6.45) is 3.49. The Morgan fingerprint density at radius 3 is 2.81 bits per heavy atom. The van der Waals surface area contributed by atoms with Crippen molar-refractivity contribution >= 4 is 11.6 Å². The van der Waals surface area contributed by atoms with Gasteiger partial charge in [-0.05, 0) is 19.1 Å². The largest absolute Gasteiger partial charge is 0.370 e. The van der Waals surface area contributed by atoms with Gasteiger partial charge in [0.05, 0.1) is 6.54 Å². The van der Waals surface area contributed by atoms with Crippen LogP contribution < -0.4 is 10.2 Å². The number of benzene rings is 1. The number of likely N-dealkylation sites (N-methyl/N-ethyl adjacent to an activating group) is 1. The summed E-state index contributed by atoms with van der Waals surface area (Å²) < 4.78 is 1.65. The summed E-state index contributed by atoms with van der Waals surface area (Å²) in [6, 6.07) is 10.4. The topological polar surface area (TPSA) is 63.1 Å². The quantitative estimate of drug-likeness (QED) is 0.834. The van der Waals surface area contributed by atoms with Crippen molar-refractivity contribution in [3.8, 4) is 0 Å². The SMILES string of the molecule is C[C@@H](CNC(=O)CCn1cncn1)N(C)c1ccccc1. The van der Waals surface area contributed by atoms with Crippen LogP contribution in [0.5, 0.6) is 0 Å². The van der Waals surface area contributed by atoms with E-state index in [1.165, 1.54) is 6.33 Å². The van der Waals surface area contributed by atoms with Crippen molar-refractivity contribution < 1.29 is 4.79 Å². The number of aromatic nitrogens is 3. The molecule has 1 atom stereocenters. The molecule has 1 aromatic carbocycles. The van der Waals surface area contributed by atoms with E-state index in [1.54, 1.807) is 11.0 Å². The van der Waals surface area contributed by atoms with Gasteiger partial charge in [0.25, 0.3) is 0 Å². The number of anilines is 1. The van der Waals surface area contributed by atoms with E-state index in [1.807, 2.05) is 25.2 Å². The lowest BCUT2D eigenvalue weighted by Crippen LogP contribution is -2.40. The first-order valence-electron chi connectivity index (χ1n) is 7.04. The molecule has 0 fully saturated rings. The van der Waals surface area contributed by atoms with Gasteiger partial charge in [-0.3, -0.25) is 9.48 Å². The lowest BCUT2D eigenvalue weighted by atomic mass is 10.2. The molecular weight excluding hydrogens is 266 g/mol. The van der Waals surface area contributed by atoms with Gasteiger partial charge in [0.1, 0.15) is 12.7 Å². The molecule has 1 amide bonds. The highest BCUT2D eigenvalue weighted by atomic mass is 16.1. The van der Waals surface area contributed by atoms with Crippen molar-refractivity contribution in [1.82, 2.24) is 20.1 Å². The molecule has 0 spiro atoms. The number of nitrogens with zero attached hydrogens (tertiary/aromatic N) is 4. The van der Waals surface area contributed by atoms with Gasteiger partial charge in [-0.1, -0.05) is 18.2 Å². The Bertz CT molecular complexity index is 540. The van der Waals surface area contributed by atoms with Crippen molar-refractivity contribution in [2.45, 2.75) is 25.9 Å². The summed E-state index contributed by atoms with van der Waals surface area (Å²) in [5.74, 6) is 0.0267. The van der Waals surface area contributed by atoms with Crippen LogP contribution in [0.25, 0.3) is 0 Å². The van der Waals surface area contributed by atoms with E-state index < -0.39 is 0 Å². The zero-order valence-electron chi connectivity index (χ0n) is 12.4. The third-order valence-corrected chi connectivity index (χ3v) is 3.45. The molecule has 2 aromatic rings. The lowest BCUT2D eigenvalue weighted by Gasteiger charge is -2.27. The molecule has 0 radical (unpaired) electrons. The van der Waals surface area contributed by atoms with Crippen LogP contribution in [-0.4, -0.2) is 40.3 Å². The maximum atomic E-state index is 11.8. The number of nitrogens with one attached hydrogen (secondary N) is 1. The Morgan fingerprint density at radius 1 is 1.38 bits per heavy atom. The van der Waals surface area contributed by atoms with Crippen LogP contribution in [0.4, 0.5) is 5.69 Å². The second-order valence-corrected chi connectivity index (χ2v) is 5.01. The van der Waals surface area contributed by atoms with Crippen molar-refractivity contribution in [2.24, 2.45) is 0 Å². The van der Waals surface area contributed by atoms with Crippen LogP contribution in [0.3, 0.4) is 0 Å². The fraction of sp³-hybridized carbons (Fsp3) is 0.400. The Hall–Kier alpha value is -2.37. The highest BCUT2D eigenvalue weighted by Gasteiger charge is 2.11. The Kier molecular flexibility index (Phi) is 5.31. The minimum Gasteiger partial charge on any atom is -0.370 e. The standard InChI is InChI=1S/C15H21N5O/c1-13(19(2)14-6-4-3-5-7-14)10-17-15(21)8-9-20-12-16-11-18-20/h3-7,11-13H,8-10H2,1-2H3,(H,17,21)/t13-/m0/s1. The summed E-state index contributed by atoms with van der Waals surface area (Å²) in [7, 11) is 2.03. The van der Waals surface area contributed by atoms with Crippen LogP contribution in [0.15, 0.2) is 43.0 Å². The number of rotatable bonds is 7. The average Bonchev–Trinajstić information content (AvgIpc) is 3.04. The molecule has 1 N–H and O–H groups in total. The minimum atomic E-state index is 0.0267. The van der Waals surface area contributed by atoms with Crippen LogP contribution in [0.2, 0.25) is 0 Å². The van der Waals surface area contributed by atoms with Crippen LogP contribution in [0, 0.1) is 0 Å². The van der Waals surface area contributed by atoms with E-state index in [4.69, 9.17) is 0 Å². The fourth-order valence-corrected chi connectivity index (χ4v) is 1.97. The van der Waals surface area contributed by atoms with Gasteiger partial charge < -0.3 is 10.2 Å². The zero-order chi connectivity index (χ0) is 15.1. The van der Waals surface area contributed by atoms with E-state index in [9.17, 15) is 4.79 Å². The van der Waals surface area contributed by atoms with Crippen LogP contribution in [-0.2, 0) is 11.3 Å². The monoisotopic (exact) mass is 287 g/mol. The van der Waals surface area contributed by atoms with E-state index in [2.05, 4.69) is 39.4 Å². The molecule has 1 aromatic heterocycles. The zero-order valence-corrected chi connectivity index (χ0v) is 12.4. The van der Waals surface area contributed by atoms with Gasteiger partial charge in [-0.15, -0.1) is 0 Å². The number of aryl methyl sites for hydroxylation is 1. The Morgan fingerprint density at radius 2 is 2.14 bits per heavy atom. The summed E-state index contributed by atoms with van der Waals surface area (Å²) in [5, 5.41) is 6.92. The number of para-hydroxylation sites is 1. The maximum absolute atomic E-state index is 11.8. The van der Waals surface area contributed by atoms with Crippen molar-refractivity contribution in [3.63, 3.8) is 0 Å². The molecule has 0 bridgehead atoms. The average molecular weight is 287 g/mol. The Labute approximate surface area is 124 Å². The molecule has 2 rings (SSSR count). The van der Waals surface area contributed by atoms with Gasteiger partial charge >= 0.3 is 0 Å². The van der Waals surface area contributed by atoms with Gasteiger partial charge in [0, 0.05) is 31.7 Å². The molecule has 0 unspecified atom stereocenters. The normalized spacial score (nSPS) is 11.9. The van der Waals surface area contributed by atoms with Crippen molar-refractivity contribution in [2.75, 3.05) is 18.5 Å². The fourth-order valence-electron chi connectivity index (χ4n) is 1.97. The number of carbonyl (C=O) groups is 1. The summed E-state index contributed by atoms with van der Waals surface area (Å²) in [4.78, 5) is 17.8. The highest BCUT2D eigenvalue weighted by Crippen LogP contribution is 2.13. The van der Waals surface area contributed by atoms with Crippen LogP contribution in [0.1, 0.15) is 13.3 Å². The number of carbonyl (C=O) groups excluding carboxylic acids is 1. The van der Waals surface area contributed by atoms with E-state index in [-0.39, 0.29) is 11.9 Å². The first-order valence-corrected chi connectivity index (χ1v) is 7.04. The van der Waals surface area contributed by atoms with Gasteiger partial charge in [0.2, 0.25) is 5.91 Å². The van der Waals surface area contributed by atoms with Gasteiger partial charge in [-0.25, -0.2) is 4.98 Å². The first kappa shape index (κ1) is 15.0. The first-order chi connectivity index (χ1) is 10.2. The second kappa shape index (κ2) is 7.42. The summed E-state index contributed by atoms with van der Waals surface area (Å²) in [5.41, 5.74) is 1.14. The van der Waals surface area contributed by atoms with Crippen molar-refractivity contribution in [3.05, 3.63) is 43.0 Å². The lowest BCUT2D eigenvalue weighted by molar-refractivity contribution is -0.121. The van der Waals surface area contributed by atoms with Crippen molar-refractivity contribution in [1.29, 1.82) is 0 Å². The predicted octanol–water partition coefficient (Wildman–Crippen LogP) is 1.31. The van der Waals surface area contributed by atoms with Gasteiger partial charge in [-0.2, -0.15) is 5.10 Å². The molecule has 112 valence electrons. The molecule has 6 nitrogen and oxygen atoms in total. The molecule has 0 aliphatic rings. The van der Waals surface area contributed by atoms with Crippen LogP contribution >= 0.6 is 0 Å². The molecule has 21 heavy (non-hydrogen) atoms. The molecule has 6 heteroatoms. The number of hydrogen-bond donors (Lipinski definition) is 1.